The lowest BCUT2D eigenvalue weighted by atomic mass is 10.0. The third-order valence-electron chi connectivity index (χ3n) is 3.29. The van der Waals surface area contributed by atoms with Gasteiger partial charge < -0.3 is 20.3 Å². The zero-order chi connectivity index (χ0) is 16.2. The molecule has 0 amide bonds. The fourth-order valence-electron chi connectivity index (χ4n) is 2.21. The molecule has 0 aliphatic carbocycles. The quantitative estimate of drug-likeness (QED) is 0.293. The van der Waals surface area contributed by atoms with Crippen molar-refractivity contribution in [2.45, 2.75) is 46.5 Å². The Balaban J connectivity index is 0.00000484. The first-order valence-electron chi connectivity index (χ1n) is 8.11. The molecule has 7 nitrogen and oxygen atoms in total. The van der Waals surface area contributed by atoms with Crippen LogP contribution >= 0.6 is 24.0 Å². The summed E-state index contributed by atoms with van der Waals surface area (Å²) in [6.07, 6.45) is 3.67. The summed E-state index contributed by atoms with van der Waals surface area (Å²) in [5.41, 5.74) is 0. The maximum Gasteiger partial charge on any atom is 0.228 e. The van der Waals surface area contributed by atoms with Crippen LogP contribution in [0.4, 0.5) is 0 Å². The minimum Gasteiger partial charge on any atom is -0.396 e. The van der Waals surface area contributed by atoms with Gasteiger partial charge in [-0.1, -0.05) is 18.5 Å². The molecule has 1 unspecified atom stereocenters. The molecule has 3 N–H and O–H groups in total. The fourth-order valence-corrected chi connectivity index (χ4v) is 2.21. The highest BCUT2D eigenvalue weighted by atomic mass is 127. The number of aliphatic hydroxyl groups excluding tert-OH is 1. The molecule has 1 heterocycles. The van der Waals surface area contributed by atoms with Crippen LogP contribution in [0.25, 0.3) is 0 Å². The number of rotatable bonds is 10. The van der Waals surface area contributed by atoms with Crippen LogP contribution in [0.5, 0.6) is 0 Å². The van der Waals surface area contributed by atoms with Gasteiger partial charge in [-0.2, -0.15) is 4.98 Å². The Morgan fingerprint density at radius 3 is 2.65 bits per heavy atom. The predicted molar refractivity (Wildman–Crippen MR) is 102 cm³/mol. The Morgan fingerprint density at radius 1 is 1.30 bits per heavy atom. The number of hydrogen-bond donors (Lipinski definition) is 3. The highest BCUT2D eigenvalue weighted by Gasteiger charge is 2.08. The van der Waals surface area contributed by atoms with Crippen molar-refractivity contribution in [3.05, 3.63) is 11.7 Å². The van der Waals surface area contributed by atoms with Crippen molar-refractivity contribution in [3.63, 3.8) is 0 Å². The summed E-state index contributed by atoms with van der Waals surface area (Å²) in [5.74, 6) is 2.51. The first-order chi connectivity index (χ1) is 10.7. The molecule has 1 aromatic rings. The molecule has 0 aromatic carbocycles. The van der Waals surface area contributed by atoms with Crippen molar-refractivity contribution in [1.82, 2.24) is 20.8 Å². The van der Waals surface area contributed by atoms with E-state index in [1.807, 2.05) is 6.92 Å². The number of guanidine groups is 1. The molecule has 0 saturated heterocycles. The molecule has 0 aliphatic heterocycles. The van der Waals surface area contributed by atoms with E-state index in [9.17, 15) is 0 Å². The summed E-state index contributed by atoms with van der Waals surface area (Å²) in [4.78, 5) is 8.77. The van der Waals surface area contributed by atoms with Gasteiger partial charge in [0.05, 0.1) is 0 Å². The van der Waals surface area contributed by atoms with Crippen molar-refractivity contribution >= 4 is 29.9 Å². The number of aliphatic hydroxyl groups is 1. The molecule has 8 heteroatoms. The molecule has 0 radical (unpaired) electrons. The zero-order valence-corrected chi connectivity index (χ0v) is 16.7. The second-order valence-electron chi connectivity index (χ2n) is 5.30. The molecular weight excluding hydrogens is 409 g/mol. The van der Waals surface area contributed by atoms with Crippen molar-refractivity contribution in [3.8, 4) is 0 Å². The van der Waals surface area contributed by atoms with Gasteiger partial charge >= 0.3 is 0 Å². The molecule has 0 bridgehead atoms. The Morgan fingerprint density at radius 2 is 2.09 bits per heavy atom. The largest absolute Gasteiger partial charge is 0.396 e. The van der Waals surface area contributed by atoms with Crippen LogP contribution in [-0.4, -0.2) is 47.4 Å². The van der Waals surface area contributed by atoms with Gasteiger partial charge in [0.1, 0.15) is 0 Å². The Hall–Kier alpha value is -0.900. The first-order valence-corrected chi connectivity index (χ1v) is 8.11. The van der Waals surface area contributed by atoms with Crippen molar-refractivity contribution in [2.24, 2.45) is 10.9 Å². The number of halogens is 1. The minimum atomic E-state index is 0. The molecule has 1 atom stereocenters. The molecule has 23 heavy (non-hydrogen) atoms. The first kappa shape index (κ1) is 22.1. The lowest BCUT2D eigenvalue weighted by Crippen LogP contribution is -2.38. The number of nitrogens with zero attached hydrogens (tertiary/aromatic N) is 3. The van der Waals surface area contributed by atoms with Crippen LogP contribution in [0.2, 0.25) is 0 Å². The van der Waals surface area contributed by atoms with Gasteiger partial charge in [-0.05, 0) is 32.6 Å². The van der Waals surface area contributed by atoms with Gasteiger partial charge in [0.15, 0.2) is 11.8 Å². The highest BCUT2D eigenvalue weighted by Crippen LogP contribution is 2.10. The van der Waals surface area contributed by atoms with E-state index < -0.39 is 0 Å². The topological polar surface area (TPSA) is 95.6 Å². The molecule has 0 saturated carbocycles. The van der Waals surface area contributed by atoms with Crippen LogP contribution in [0.15, 0.2) is 9.52 Å². The van der Waals surface area contributed by atoms with Crippen LogP contribution < -0.4 is 10.6 Å². The van der Waals surface area contributed by atoms with E-state index >= 15 is 0 Å². The van der Waals surface area contributed by atoms with E-state index in [0.717, 1.165) is 38.3 Å². The number of aryl methyl sites for hydroxylation is 1. The number of aromatic nitrogens is 2. The SMILES string of the molecule is CCCC(CCO)CN=C(NCC)NCCc1nc(C)no1.I. The van der Waals surface area contributed by atoms with Crippen molar-refractivity contribution in [1.29, 1.82) is 0 Å². The highest BCUT2D eigenvalue weighted by molar-refractivity contribution is 14.0. The fraction of sp³-hybridized carbons (Fsp3) is 0.800. The Bertz CT molecular complexity index is 433. The average molecular weight is 439 g/mol. The molecular formula is C15H30IN5O2. The smallest absolute Gasteiger partial charge is 0.228 e. The second-order valence-corrected chi connectivity index (χ2v) is 5.30. The average Bonchev–Trinajstić information content (AvgIpc) is 2.90. The molecule has 1 aromatic heterocycles. The summed E-state index contributed by atoms with van der Waals surface area (Å²) < 4.78 is 5.08. The molecule has 0 aliphatic rings. The van der Waals surface area contributed by atoms with E-state index in [1.54, 1.807) is 6.92 Å². The molecule has 1 rings (SSSR count). The summed E-state index contributed by atoms with van der Waals surface area (Å²) >= 11 is 0. The van der Waals surface area contributed by atoms with Crippen LogP contribution in [-0.2, 0) is 6.42 Å². The molecule has 0 fully saturated rings. The molecule has 134 valence electrons. The third-order valence-corrected chi connectivity index (χ3v) is 3.29. The number of aliphatic imine (C=N–C) groups is 1. The van der Waals surface area contributed by atoms with E-state index in [1.165, 1.54) is 0 Å². The van der Waals surface area contributed by atoms with E-state index in [2.05, 4.69) is 32.7 Å². The Labute approximate surface area is 155 Å². The van der Waals surface area contributed by atoms with E-state index in [0.29, 0.717) is 30.6 Å². The lowest BCUT2D eigenvalue weighted by molar-refractivity contribution is 0.253. The van der Waals surface area contributed by atoms with Crippen molar-refractivity contribution < 1.29 is 9.63 Å². The van der Waals surface area contributed by atoms with Gasteiger partial charge in [0, 0.05) is 32.7 Å². The maximum absolute atomic E-state index is 9.10. The van der Waals surface area contributed by atoms with Gasteiger partial charge in [-0.15, -0.1) is 24.0 Å². The van der Waals surface area contributed by atoms with Crippen LogP contribution in [0, 0.1) is 12.8 Å². The van der Waals surface area contributed by atoms with Crippen LogP contribution in [0.1, 0.15) is 44.8 Å². The third kappa shape index (κ3) is 9.75. The Kier molecular flexibility index (Phi) is 13.0. The number of nitrogens with one attached hydrogen (secondary N) is 2. The molecule has 0 spiro atoms. The standard InChI is InChI=1S/C15H29N5O2.HI/c1-4-6-13(8-10-21)11-18-15(16-5-2)17-9-7-14-19-12(3)20-22-14;/h13,21H,4-11H2,1-3H3,(H2,16,17,18);1H. The second kappa shape index (κ2) is 13.5. The van der Waals surface area contributed by atoms with Gasteiger partial charge in [-0.3, -0.25) is 4.99 Å². The predicted octanol–water partition coefficient (Wildman–Crippen LogP) is 1.89. The lowest BCUT2D eigenvalue weighted by Gasteiger charge is -2.15. The summed E-state index contributed by atoms with van der Waals surface area (Å²) in [7, 11) is 0. The number of hydrogen-bond acceptors (Lipinski definition) is 5. The van der Waals surface area contributed by atoms with E-state index in [-0.39, 0.29) is 30.6 Å². The normalized spacial score (nSPS) is 12.6. The summed E-state index contributed by atoms with van der Waals surface area (Å²) in [6, 6.07) is 0. The maximum atomic E-state index is 9.10. The van der Waals surface area contributed by atoms with Gasteiger partial charge in [-0.25, -0.2) is 0 Å². The van der Waals surface area contributed by atoms with Crippen LogP contribution in [0.3, 0.4) is 0 Å². The van der Waals surface area contributed by atoms with Gasteiger partial charge in [0.25, 0.3) is 0 Å². The summed E-state index contributed by atoms with van der Waals surface area (Å²) in [5, 5.41) is 19.4. The zero-order valence-electron chi connectivity index (χ0n) is 14.3. The monoisotopic (exact) mass is 439 g/mol. The van der Waals surface area contributed by atoms with Crippen molar-refractivity contribution in [2.75, 3.05) is 26.2 Å². The summed E-state index contributed by atoms with van der Waals surface area (Å²) in [6.45, 7) is 8.45. The minimum absolute atomic E-state index is 0. The van der Waals surface area contributed by atoms with E-state index in [4.69, 9.17) is 9.63 Å². The van der Waals surface area contributed by atoms with Gasteiger partial charge in [0.2, 0.25) is 5.89 Å².